The molecule has 2 aliphatic heterocycles. The molecule has 5 rings (SSSR count). The summed E-state index contributed by atoms with van der Waals surface area (Å²) in [7, 11) is 1.68. The van der Waals surface area contributed by atoms with Gasteiger partial charge in [0.2, 0.25) is 0 Å². The van der Waals surface area contributed by atoms with Crippen LogP contribution in [0.15, 0.2) is 78.9 Å². The molecule has 0 amide bonds. The summed E-state index contributed by atoms with van der Waals surface area (Å²) in [4.78, 5) is 0. The van der Waals surface area contributed by atoms with E-state index in [1.165, 1.54) is 0 Å². The number of fused-ring (bicyclic) bond motifs is 3. The van der Waals surface area contributed by atoms with E-state index in [1.54, 1.807) is 7.11 Å². The molecule has 30 heavy (non-hydrogen) atoms. The number of nitrogens with one attached hydrogen (secondary N) is 1. The Kier molecular flexibility index (Phi) is 4.81. The zero-order chi connectivity index (χ0) is 20.5. The minimum absolute atomic E-state index is 0.0479. The Morgan fingerprint density at radius 1 is 0.933 bits per heavy atom. The van der Waals surface area contributed by atoms with Crippen LogP contribution in [-0.4, -0.2) is 18.7 Å². The number of rotatable bonds is 5. The third kappa shape index (κ3) is 3.17. The van der Waals surface area contributed by atoms with Gasteiger partial charge in [0, 0.05) is 5.56 Å². The Hall–Kier alpha value is -3.44. The topological polar surface area (TPSA) is 43.0 Å². The van der Waals surface area contributed by atoms with Gasteiger partial charge < -0.3 is 19.6 Å². The number of benzene rings is 3. The van der Waals surface area contributed by atoms with Crippen LogP contribution in [0.25, 0.3) is 5.70 Å². The van der Waals surface area contributed by atoms with Crippen molar-refractivity contribution >= 4 is 5.70 Å². The van der Waals surface area contributed by atoms with E-state index in [9.17, 15) is 0 Å². The first kappa shape index (κ1) is 18.6. The molecular weight excluding hydrogens is 376 g/mol. The molecule has 0 saturated carbocycles. The summed E-state index contributed by atoms with van der Waals surface area (Å²) < 4.78 is 17.7. The molecule has 3 aromatic carbocycles. The highest BCUT2D eigenvalue weighted by Crippen LogP contribution is 2.47. The fourth-order valence-corrected chi connectivity index (χ4v) is 4.05. The van der Waals surface area contributed by atoms with Crippen molar-refractivity contribution in [3.8, 4) is 17.2 Å². The van der Waals surface area contributed by atoms with E-state index < -0.39 is 0 Å². The average Bonchev–Trinajstić information content (AvgIpc) is 3.25. The maximum Gasteiger partial charge on any atom is 0.199 e. The van der Waals surface area contributed by atoms with E-state index in [-0.39, 0.29) is 12.3 Å². The normalized spacial score (nSPS) is 19.7. The van der Waals surface area contributed by atoms with Crippen LogP contribution in [0.5, 0.6) is 17.2 Å². The molecule has 0 saturated heterocycles. The van der Waals surface area contributed by atoms with Crippen LogP contribution in [0, 0.1) is 0 Å². The molecule has 0 radical (unpaired) electrons. The Balaban J connectivity index is 1.56. The number of nitrogens with zero attached hydrogens (tertiary/aromatic N) is 1. The molecule has 0 unspecified atom stereocenters. The molecule has 2 aliphatic rings. The van der Waals surface area contributed by atoms with Gasteiger partial charge in [0.25, 0.3) is 0 Å². The molecule has 0 spiro atoms. The summed E-state index contributed by atoms with van der Waals surface area (Å²) in [5.74, 6) is 2.57. The highest BCUT2D eigenvalue weighted by Gasteiger charge is 2.41. The first-order chi connectivity index (χ1) is 14.8. The van der Waals surface area contributed by atoms with Crippen molar-refractivity contribution in [1.29, 1.82) is 0 Å². The van der Waals surface area contributed by atoms with E-state index in [0.717, 1.165) is 39.6 Å². The van der Waals surface area contributed by atoms with Gasteiger partial charge in [-0.1, -0.05) is 36.4 Å². The van der Waals surface area contributed by atoms with Gasteiger partial charge in [0.1, 0.15) is 17.2 Å². The van der Waals surface area contributed by atoms with Gasteiger partial charge in [0.05, 0.1) is 31.0 Å². The molecule has 152 valence electrons. The minimum Gasteiger partial charge on any atom is -0.497 e. The van der Waals surface area contributed by atoms with Crippen molar-refractivity contribution in [1.82, 2.24) is 10.4 Å². The van der Waals surface area contributed by atoms with Crippen LogP contribution >= 0.6 is 0 Å². The van der Waals surface area contributed by atoms with Crippen LogP contribution in [0.2, 0.25) is 0 Å². The largest absolute Gasteiger partial charge is 0.497 e. The second-order valence-electron chi connectivity index (χ2n) is 7.25. The van der Waals surface area contributed by atoms with Gasteiger partial charge in [0.15, 0.2) is 6.23 Å². The second-order valence-corrected chi connectivity index (χ2v) is 7.25. The van der Waals surface area contributed by atoms with E-state index in [2.05, 4.69) is 40.8 Å². The van der Waals surface area contributed by atoms with Crippen molar-refractivity contribution in [2.24, 2.45) is 0 Å². The maximum absolute atomic E-state index is 6.47. The first-order valence-electron chi connectivity index (χ1n) is 10.2. The molecule has 0 aliphatic carbocycles. The molecular formula is C25H24N2O3. The molecule has 1 N–H and O–H groups in total. The summed E-state index contributed by atoms with van der Waals surface area (Å²) in [5.41, 5.74) is 7.85. The number of methoxy groups -OCH3 is 1. The van der Waals surface area contributed by atoms with Gasteiger partial charge in [-0.2, -0.15) is 5.01 Å². The van der Waals surface area contributed by atoms with Crippen LogP contribution in [0.4, 0.5) is 0 Å². The van der Waals surface area contributed by atoms with Gasteiger partial charge in [-0.05, 0) is 55.0 Å². The predicted molar refractivity (Wildman–Crippen MR) is 116 cm³/mol. The minimum atomic E-state index is -0.320. The van der Waals surface area contributed by atoms with E-state index in [0.29, 0.717) is 6.61 Å². The van der Waals surface area contributed by atoms with Crippen LogP contribution in [0.1, 0.15) is 35.9 Å². The van der Waals surface area contributed by atoms with E-state index in [4.69, 9.17) is 14.2 Å². The lowest BCUT2D eigenvalue weighted by atomic mass is 10.0. The summed E-state index contributed by atoms with van der Waals surface area (Å²) in [6.45, 7) is 2.60. The summed E-state index contributed by atoms with van der Waals surface area (Å²) in [5, 5.41) is 2.15. The monoisotopic (exact) mass is 400 g/mol. The fraction of sp³-hybridized carbons (Fsp3) is 0.200. The summed E-state index contributed by atoms with van der Waals surface area (Å²) in [6, 6.07) is 24.4. The van der Waals surface area contributed by atoms with Crippen molar-refractivity contribution in [2.75, 3.05) is 13.7 Å². The first-order valence-corrected chi connectivity index (χ1v) is 10.2. The number of hydrogen-bond donors (Lipinski definition) is 1. The van der Waals surface area contributed by atoms with Crippen molar-refractivity contribution < 1.29 is 14.2 Å². The Bertz CT molecular complexity index is 1080. The highest BCUT2D eigenvalue weighted by atomic mass is 16.5. The Morgan fingerprint density at radius 2 is 1.67 bits per heavy atom. The Morgan fingerprint density at radius 3 is 2.43 bits per heavy atom. The average molecular weight is 400 g/mol. The van der Waals surface area contributed by atoms with Crippen LogP contribution in [-0.2, 0) is 0 Å². The third-order valence-electron chi connectivity index (χ3n) is 5.49. The summed E-state index contributed by atoms with van der Waals surface area (Å²) in [6.07, 6.45) is 1.93. The quantitative estimate of drug-likeness (QED) is 0.646. The van der Waals surface area contributed by atoms with Crippen LogP contribution in [0.3, 0.4) is 0 Å². The van der Waals surface area contributed by atoms with Gasteiger partial charge in [-0.25, -0.2) is 0 Å². The number of ether oxygens (including phenoxy) is 3. The SMILES string of the molecule is CCOc1ccccc1[C@H]1Oc2ccccc2[C@@H]2C=C(c3ccc(OC)cc3)NN12. The molecule has 0 fully saturated rings. The zero-order valence-corrected chi connectivity index (χ0v) is 17.0. The fourth-order valence-electron chi connectivity index (χ4n) is 4.05. The van der Waals surface area contributed by atoms with E-state index in [1.807, 2.05) is 55.5 Å². The lowest BCUT2D eigenvalue weighted by molar-refractivity contribution is -0.0340. The van der Waals surface area contributed by atoms with E-state index >= 15 is 0 Å². The molecule has 3 aromatic rings. The molecule has 5 heteroatoms. The zero-order valence-electron chi connectivity index (χ0n) is 17.0. The van der Waals surface area contributed by atoms with Crippen LogP contribution < -0.4 is 19.6 Å². The molecule has 2 atom stereocenters. The van der Waals surface area contributed by atoms with Gasteiger partial charge in [-0.15, -0.1) is 0 Å². The van der Waals surface area contributed by atoms with Crippen molar-refractivity contribution in [3.05, 3.63) is 95.6 Å². The second kappa shape index (κ2) is 7.76. The summed E-state index contributed by atoms with van der Waals surface area (Å²) >= 11 is 0. The smallest absolute Gasteiger partial charge is 0.199 e. The standard InChI is InChI=1S/C25H24N2O3/c1-3-29-23-10-6-5-9-20(23)25-27-22(19-8-4-7-11-24(19)30-25)16-21(26-27)17-12-14-18(28-2)15-13-17/h4-16,22,25-26H,3H2,1-2H3/t22-,25+/m0/s1. The van der Waals surface area contributed by atoms with Gasteiger partial charge in [-0.3, -0.25) is 0 Å². The molecule has 5 nitrogen and oxygen atoms in total. The van der Waals surface area contributed by atoms with Crippen molar-refractivity contribution in [2.45, 2.75) is 19.2 Å². The predicted octanol–water partition coefficient (Wildman–Crippen LogP) is 5.09. The molecule has 0 aromatic heterocycles. The number of para-hydroxylation sites is 2. The maximum atomic E-state index is 6.47. The van der Waals surface area contributed by atoms with Crippen molar-refractivity contribution in [3.63, 3.8) is 0 Å². The number of hydrazine groups is 1. The Labute approximate surface area is 176 Å². The molecule has 0 bridgehead atoms. The van der Waals surface area contributed by atoms with Gasteiger partial charge >= 0.3 is 0 Å². The third-order valence-corrected chi connectivity index (χ3v) is 5.49. The lowest BCUT2D eigenvalue weighted by Crippen LogP contribution is -2.43. The molecule has 2 heterocycles. The number of hydrogen-bond acceptors (Lipinski definition) is 5. The highest BCUT2D eigenvalue weighted by molar-refractivity contribution is 5.68. The lowest BCUT2D eigenvalue weighted by Gasteiger charge is -2.39.